The summed E-state index contributed by atoms with van der Waals surface area (Å²) in [7, 11) is 0. The number of hydrogen-bond donors (Lipinski definition) is 2. The van der Waals surface area contributed by atoms with Crippen molar-refractivity contribution in [3.8, 4) is 11.5 Å². The molecule has 4 aromatic rings. The van der Waals surface area contributed by atoms with E-state index in [-0.39, 0.29) is 25.0 Å². The molecule has 1 saturated carbocycles. The monoisotopic (exact) mass is 461 g/mol. The van der Waals surface area contributed by atoms with Crippen molar-refractivity contribution in [3.05, 3.63) is 65.7 Å². The number of pyridine rings is 1. The van der Waals surface area contributed by atoms with Crippen LogP contribution in [-0.4, -0.2) is 44.0 Å². The molecule has 5 rings (SSSR count). The third kappa shape index (κ3) is 3.75. The van der Waals surface area contributed by atoms with Crippen molar-refractivity contribution in [2.24, 2.45) is 5.73 Å². The van der Waals surface area contributed by atoms with E-state index in [4.69, 9.17) is 10.5 Å². The molecular weight excluding hydrogens is 437 g/mol. The Morgan fingerprint density at radius 3 is 2.79 bits per heavy atom. The van der Waals surface area contributed by atoms with Gasteiger partial charge < -0.3 is 15.8 Å². The molecule has 3 N–H and O–H groups in total. The number of hydrogen-bond acceptors (Lipinski definition) is 8. The molecule has 1 aromatic carbocycles. The number of aromatic nitrogens is 5. The zero-order chi connectivity index (χ0) is 23.7. The first-order valence-electron chi connectivity index (χ1n) is 11.1. The lowest BCUT2D eigenvalue weighted by Gasteiger charge is -2.18. The average molecular weight is 462 g/mol. The summed E-state index contributed by atoms with van der Waals surface area (Å²) in [4.78, 5) is 26.3. The molecule has 0 amide bonds. The fraction of sp³-hybridized carbons (Fsp3) is 0.292. The van der Waals surface area contributed by atoms with Crippen molar-refractivity contribution in [2.45, 2.75) is 31.7 Å². The van der Waals surface area contributed by atoms with Crippen LogP contribution in [0, 0.1) is 5.82 Å². The first-order valence-corrected chi connectivity index (χ1v) is 11.1. The second-order valence-corrected chi connectivity index (χ2v) is 8.11. The zero-order valence-corrected chi connectivity index (χ0v) is 18.7. The van der Waals surface area contributed by atoms with E-state index in [0.717, 1.165) is 5.39 Å². The minimum atomic E-state index is -0.750. The summed E-state index contributed by atoms with van der Waals surface area (Å²) >= 11 is 0. The van der Waals surface area contributed by atoms with E-state index in [2.05, 4.69) is 25.4 Å². The van der Waals surface area contributed by atoms with Gasteiger partial charge in [-0.3, -0.25) is 4.79 Å². The highest BCUT2D eigenvalue weighted by Crippen LogP contribution is 2.51. The predicted octanol–water partition coefficient (Wildman–Crippen LogP) is 3.00. The van der Waals surface area contributed by atoms with Crippen molar-refractivity contribution in [1.29, 1.82) is 0 Å². The normalized spacial score (nSPS) is 14.2. The molecule has 3 aromatic heterocycles. The van der Waals surface area contributed by atoms with E-state index >= 15 is 0 Å². The lowest BCUT2D eigenvalue weighted by Crippen LogP contribution is -2.26. The minimum absolute atomic E-state index is 0.131. The lowest BCUT2D eigenvalue weighted by atomic mass is 9.98. The van der Waals surface area contributed by atoms with Gasteiger partial charge in [0.2, 0.25) is 0 Å². The Labute approximate surface area is 195 Å². The summed E-state index contributed by atoms with van der Waals surface area (Å²) < 4.78 is 21.2. The molecule has 3 heterocycles. The van der Waals surface area contributed by atoms with Gasteiger partial charge in [0.15, 0.2) is 11.5 Å². The highest BCUT2D eigenvalue weighted by atomic mass is 19.1. The third-order valence-corrected chi connectivity index (χ3v) is 5.99. The van der Waals surface area contributed by atoms with Gasteiger partial charge in [-0.25, -0.2) is 24.0 Å². The maximum absolute atomic E-state index is 14.3. The standard InChI is InChI=1S/C24H24FN7O2/c1-2-34-23(33)24(9-10-24)17-12-28-21(30-20(17)29-14-26)19-16-7-5-11-27-22(16)32(31-19)13-15-6-3-4-8-18(15)25/h3-8,11-12H,2,9-10,13-14,26H2,1H3,(H,28,29,30). The second kappa shape index (κ2) is 8.79. The van der Waals surface area contributed by atoms with Crippen LogP contribution in [0.25, 0.3) is 22.6 Å². The van der Waals surface area contributed by atoms with E-state index in [1.54, 1.807) is 48.3 Å². The topological polar surface area (TPSA) is 121 Å². The maximum Gasteiger partial charge on any atom is 0.316 e. The van der Waals surface area contributed by atoms with Crippen LogP contribution in [-0.2, 0) is 21.5 Å². The van der Waals surface area contributed by atoms with Gasteiger partial charge in [-0.15, -0.1) is 0 Å². The van der Waals surface area contributed by atoms with Crippen LogP contribution in [0.2, 0.25) is 0 Å². The number of nitrogens with two attached hydrogens (primary N) is 1. The summed E-state index contributed by atoms with van der Waals surface area (Å²) in [6.07, 6.45) is 4.63. The van der Waals surface area contributed by atoms with Gasteiger partial charge in [0.05, 0.1) is 30.6 Å². The molecule has 0 atom stereocenters. The molecule has 1 fully saturated rings. The number of ether oxygens (including phenoxy) is 1. The van der Waals surface area contributed by atoms with Gasteiger partial charge in [-0.1, -0.05) is 18.2 Å². The van der Waals surface area contributed by atoms with Crippen LogP contribution in [0.3, 0.4) is 0 Å². The number of fused-ring (bicyclic) bond motifs is 1. The molecule has 0 spiro atoms. The number of halogens is 1. The van der Waals surface area contributed by atoms with Crippen molar-refractivity contribution in [2.75, 3.05) is 18.6 Å². The maximum atomic E-state index is 14.3. The molecule has 9 nitrogen and oxygen atoms in total. The number of carbonyl (C=O) groups excluding carboxylic acids is 1. The van der Waals surface area contributed by atoms with Crippen molar-refractivity contribution >= 4 is 22.8 Å². The fourth-order valence-electron chi connectivity index (χ4n) is 4.13. The van der Waals surface area contributed by atoms with Gasteiger partial charge in [-0.2, -0.15) is 5.10 Å². The first kappa shape index (κ1) is 21.9. The number of nitrogens with zero attached hydrogens (tertiary/aromatic N) is 5. The van der Waals surface area contributed by atoms with E-state index in [1.807, 2.05) is 6.07 Å². The molecule has 34 heavy (non-hydrogen) atoms. The fourth-order valence-corrected chi connectivity index (χ4v) is 4.13. The Morgan fingerprint density at radius 1 is 1.24 bits per heavy atom. The number of esters is 1. The van der Waals surface area contributed by atoms with Gasteiger partial charge in [0.25, 0.3) is 0 Å². The molecule has 0 saturated heterocycles. The van der Waals surface area contributed by atoms with Crippen LogP contribution in [0.4, 0.5) is 10.2 Å². The summed E-state index contributed by atoms with van der Waals surface area (Å²) in [5.41, 5.74) is 7.26. The molecule has 0 unspecified atom stereocenters. The van der Waals surface area contributed by atoms with Gasteiger partial charge in [0.1, 0.15) is 17.3 Å². The Morgan fingerprint density at radius 2 is 2.06 bits per heavy atom. The number of carbonyl (C=O) groups is 1. The number of anilines is 1. The molecule has 0 radical (unpaired) electrons. The van der Waals surface area contributed by atoms with E-state index in [1.165, 1.54) is 6.07 Å². The van der Waals surface area contributed by atoms with Crippen LogP contribution in [0.15, 0.2) is 48.8 Å². The Balaban J connectivity index is 1.58. The first-order chi connectivity index (χ1) is 16.6. The largest absolute Gasteiger partial charge is 0.465 e. The molecule has 10 heteroatoms. The molecule has 174 valence electrons. The quantitative estimate of drug-likeness (QED) is 0.303. The minimum Gasteiger partial charge on any atom is -0.465 e. The number of rotatable bonds is 8. The zero-order valence-electron chi connectivity index (χ0n) is 18.7. The van der Waals surface area contributed by atoms with E-state index in [9.17, 15) is 9.18 Å². The highest BCUT2D eigenvalue weighted by Gasteiger charge is 2.54. The smallest absolute Gasteiger partial charge is 0.316 e. The van der Waals surface area contributed by atoms with Crippen LogP contribution < -0.4 is 11.1 Å². The molecule has 1 aliphatic rings. The highest BCUT2D eigenvalue weighted by molar-refractivity contribution is 5.91. The van der Waals surface area contributed by atoms with Crippen LogP contribution >= 0.6 is 0 Å². The summed E-state index contributed by atoms with van der Waals surface area (Å²) in [5.74, 6) is 0.228. The number of benzene rings is 1. The van der Waals surface area contributed by atoms with Crippen LogP contribution in [0.5, 0.6) is 0 Å². The van der Waals surface area contributed by atoms with Crippen molar-refractivity contribution in [1.82, 2.24) is 24.7 Å². The van der Waals surface area contributed by atoms with Gasteiger partial charge in [0, 0.05) is 23.5 Å². The summed E-state index contributed by atoms with van der Waals surface area (Å²) in [6, 6.07) is 10.2. The van der Waals surface area contributed by atoms with Gasteiger partial charge >= 0.3 is 5.97 Å². The van der Waals surface area contributed by atoms with Gasteiger partial charge in [-0.05, 0) is 38.0 Å². The Kier molecular flexibility index (Phi) is 5.66. The van der Waals surface area contributed by atoms with E-state index < -0.39 is 5.41 Å². The summed E-state index contributed by atoms with van der Waals surface area (Å²) in [5, 5.41) is 8.46. The molecule has 0 aliphatic heterocycles. The van der Waals surface area contributed by atoms with Crippen LogP contribution in [0.1, 0.15) is 30.9 Å². The molecule has 1 aliphatic carbocycles. The predicted molar refractivity (Wildman–Crippen MR) is 124 cm³/mol. The van der Waals surface area contributed by atoms with Crippen molar-refractivity contribution < 1.29 is 13.9 Å². The Hall–Kier alpha value is -3.92. The third-order valence-electron chi connectivity index (χ3n) is 5.99. The van der Waals surface area contributed by atoms with Crippen molar-refractivity contribution in [3.63, 3.8) is 0 Å². The average Bonchev–Trinajstić information content (AvgIpc) is 3.58. The lowest BCUT2D eigenvalue weighted by molar-refractivity contribution is -0.146. The number of nitrogens with one attached hydrogen (secondary N) is 1. The van der Waals surface area contributed by atoms with E-state index in [0.29, 0.717) is 53.6 Å². The molecule has 0 bridgehead atoms. The SMILES string of the molecule is CCOC(=O)C1(c2cnc(-c3nn(Cc4ccccc4F)c4ncccc34)nc2NCN)CC1. The second-order valence-electron chi connectivity index (χ2n) is 8.11. The molecular formula is C24H24FN7O2. The Bertz CT molecular complexity index is 1370. The summed E-state index contributed by atoms with van der Waals surface area (Å²) in [6.45, 7) is 2.42.